The van der Waals surface area contributed by atoms with E-state index in [1.807, 2.05) is 6.92 Å². The topological polar surface area (TPSA) is 90.1 Å². The van der Waals surface area contributed by atoms with Gasteiger partial charge in [-0.15, -0.1) is 10.2 Å². The average molecular weight is 354 g/mol. The number of hydrogen-bond donors (Lipinski definition) is 2. The predicted molar refractivity (Wildman–Crippen MR) is 98.5 cm³/mol. The quantitative estimate of drug-likeness (QED) is 0.734. The van der Waals surface area contributed by atoms with E-state index in [0.29, 0.717) is 28.8 Å². The number of carbonyl (C=O) groups excluding carboxylic acids is 1. The molecule has 3 rings (SSSR count). The van der Waals surface area contributed by atoms with Crippen molar-refractivity contribution in [1.82, 2.24) is 15.5 Å². The predicted octanol–water partition coefficient (Wildman–Crippen LogP) is 3.17. The Morgan fingerprint density at radius 3 is 2.81 bits per heavy atom. The second-order valence-corrected chi connectivity index (χ2v) is 5.77. The SMILES string of the molecule is CCCNC(=O)c1nnc2c(-c3cccc(OC)c3)c(F)ccc2c1N. The molecule has 0 aliphatic heterocycles. The molecule has 7 heteroatoms. The highest BCUT2D eigenvalue weighted by atomic mass is 19.1. The lowest BCUT2D eigenvalue weighted by Crippen LogP contribution is -2.26. The number of aromatic nitrogens is 2. The van der Waals surface area contributed by atoms with Crippen LogP contribution in [0.25, 0.3) is 22.0 Å². The maximum atomic E-state index is 14.6. The number of nitrogens with two attached hydrogens (primary N) is 1. The number of halogens is 1. The molecule has 6 nitrogen and oxygen atoms in total. The van der Waals surface area contributed by atoms with E-state index in [4.69, 9.17) is 10.5 Å². The highest BCUT2D eigenvalue weighted by Gasteiger charge is 2.19. The van der Waals surface area contributed by atoms with Crippen molar-refractivity contribution in [3.05, 3.63) is 47.9 Å². The van der Waals surface area contributed by atoms with E-state index in [-0.39, 0.29) is 16.9 Å². The molecule has 3 aromatic rings. The van der Waals surface area contributed by atoms with Crippen LogP contribution in [0.3, 0.4) is 0 Å². The van der Waals surface area contributed by atoms with Gasteiger partial charge in [-0.05, 0) is 36.2 Å². The van der Waals surface area contributed by atoms with Crippen LogP contribution in [-0.4, -0.2) is 29.8 Å². The van der Waals surface area contributed by atoms with E-state index in [1.54, 1.807) is 24.3 Å². The second-order valence-electron chi connectivity index (χ2n) is 5.77. The molecule has 1 heterocycles. The molecule has 0 bridgehead atoms. The van der Waals surface area contributed by atoms with Crippen LogP contribution < -0.4 is 15.8 Å². The third-order valence-electron chi connectivity index (χ3n) is 4.03. The van der Waals surface area contributed by atoms with Gasteiger partial charge in [-0.1, -0.05) is 19.1 Å². The Labute approximate surface area is 150 Å². The normalized spacial score (nSPS) is 10.7. The number of hydrogen-bond acceptors (Lipinski definition) is 5. The molecular weight excluding hydrogens is 335 g/mol. The van der Waals surface area contributed by atoms with E-state index in [1.165, 1.54) is 19.2 Å². The third kappa shape index (κ3) is 3.15. The zero-order chi connectivity index (χ0) is 18.7. The molecule has 1 amide bonds. The second kappa shape index (κ2) is 7.35. The maximum Gasteiger partial charge on any atom is 0.273 e. The Bertz CT molecular complexity index is 975. The van der Waals surface area contributed by atoms with Crippen LogP contribution in [0.4, 0.5) is 10.1 Å². The fourth-order valence-corrected chi connectivity index (χ4v) is 2.71. The summed E-state index contributed by atoms with van der Waals surface area (Å²) >= 11 is 0. The lowest BCUT2D eigenvalue weighted by atomic mass is 10.00. The summed E-state index contributed by atoms with van der Waals surface area (Å²) < 4.78 is 19.8. The number of anilines is 1. The Kier molecular flexibility index (Phi) is 4.97. The molecule has 0 fully saturated rings. The van der Waals surface area contributed by atoms with E-state index >= 15 is 0 Å². The minimum absolute atomic E-state index is 0.0363. The highest BCUT2D eigenvalue weighted by Crippen LogP contribution is 2.34. The van der Waals surface area contributed by atoms with Gasteiger partial charge in [0.15, 0.2) is 5.69 Å². The lowest BCUT2D eigenvalue weighted by molar-refractivity contribution is 0.0949. The number of rotatable bonds is 5. The molecule has 26 heavy (non-hydrogen) atoms. The zero-order valence-electron chi connectivity index (χ0n) is 14.5. The van der Waals surface area contributed by atoms with Crippen molar-refractivity contribution in [2.75, 3.05) is 19.4 Å². The van der Waals surface area contributed by atoms with Gasteiger partial charge in [0.1, 0.15) is 17.1 Å². The molecular formula is C19H19FN4O2. The van der Waals surface area contributed by atoms with Crippen LogP contribution in [0, 0.1) is 5.82 Å². The van der Waals surface area contributed by atoms with Crippen molar-refractivity contribution in [2.45, 2.75) is 13.3 Å². The molecule has 134 valence electrons. The van der Waals surface area contributed by atoms with Gasteiger partial charge in [0.05, 0.1) is 12.8 Å². The van der Waals surface area contributed by atoms with Gasteiger partial charge in [-0.2, -0.15) is 0 Å². The van der Waals surface area contributed by atoms with Gasteiger partial charge in [0, 0.05) is 17.5 Å². The van der Waals surface area contributed by atoms with Crippen molar-refractivity contribution in [1.29, 1.82) is 0 Å². The first-order valence-corrected chi connectivity index (χ1v) is 8.23. The van der Waals surface area contributed by atoms with E-state index in [2.05, 4.69) is 15.5 Å². The summed E-state index contributed by atoms with van der Waals surface area (Å²) in [7, 11) is 1.54. The number of nitrogens with one attached hydrogen (secondary N) is 1. The molecule has 0 radical (unpaired) electrons. The van der Waals surface area contributed by atoms with Crippen molar-refractivity contribution in [3.8, 4) is 16.9 Å². The summed E-state index contributed by atoms with van der Waals surface area (Å²) in [6.45, 7) is 2.45. The van der Waals surface area contributed by atoms with Crippen molar-refractivity contribution >= 4 is 22.5 Å². The number of methoxy groups -OCH3 is 1. The number of carbonyl (C=O) groups is 1. The minimum Gasteiger partial charge on any atom is -0.497 e. The van der Waals surface area contributed by atoms with Crippen molar-refractivity contribution in [2.24, 2.45) is 0 Å². The molecule has 0 atom stereocenters. The molecule has 0 unspecified atom stereocenters. The zero-order valence-corrected chi connectivity index (χ0v) is 14.5. The van der Waals surface area contributed by atoms with Gasteiger partial charge >= 0.3 is 0 Å². The number of ether oxygens (including phenoxy) is 1. The number of nitrogen functional groups attached to an aromatic ring is 1. The summed E-state index contributed by atoms with van der Waals surface area (Å²) in [5.41, 5.74) is 7.49. The Hall–Kier alpha value is -3.22. The van der Waals surface area contributed by atoms with Crippen LogP contribution in [0.2, 0.25) is 0 Å². The molecule has 0 saturated carbocycles. The van der Waals surface area contributed by atoms with Crippen molar-refractivity contribution in [3.63, 3.8) is 0 Å². The largest absolute Gasteiger partial charge is 0.497 e. The van der Waals surface area contributed by atoms with Gasteiger partial charge < -0.3 is 15.8 Å². The smallest absolute Gasteiger partial charge is 0.273 e. The standard InChI is InChI=1S/C19H19FN4O2/c1-3-9-22-19(25)18-16(21)13-7-8-14(20)15(17(13)23-24-18)11-5-4-6-12(10-11)26-2/h4-8,10H,3,9H2,1-2H3,(H2,21,23)(H,22,25). The fourth-order valence-electron chi connectivity index (χ4n) is 2.71. The van der Waals surface area contributed by atoms with Crippen LogP contribution in [0.15, 0.2) is 36.4 Å². The molecule has 0 saturated heterocycles. The van der Waals surface area contributed by atoms with Crippen LogP contribution >= 0.6 is 0 Å². The van der Waals surface area contributed by atoms with Crippen LogP contribution in [0.1, 0.15) is 23.8 Å². The van der Waals surface area contributed by atoms with Gasteiger partial charge in [-0.25, -0.2) is 4.39 Å². The fraction of sp³-hybridized carbons (Fsp3) is 0.211. The third-order valence-corrected chi connectivity index (χ3v) is 4.03. The van der Waals surface area contributed by atoms with Crippen molar-refractivity contribution < 1.29 is 13.9 Å². The molecule has 0 aliphatic carbocycles. The first-order valence-electron chi connectivity index (χ1n) is 8.23. The number of fused-ring (bicyclic) bond motifs is 1. The molecule has 3 N–H and O–H groups in total. The Morgan fingerprint density at radius 1 is 1.27 bits per heavy atom. The Morgan fingerprint density at radius 2 is 2.08 bits per heavy atom. The van der Waals surface area contributed by atoms with Gasteiger partial charge in [0.2, 0.25) is 0 Å². The molecule has 2 aromatic carbocycles. The summed E-state index contributed by atoms with van der Waals surface area (Å²) in [4.78, 5) is 12.2. The Balaban J connectivity index is 2.17. The summed E-state index contributed by atoms with van der Waals surface area (Å²) in [5, 5.41) is 11.2. The summed E-state index contributed by atoms with van der Waals surface area (Å²) in [5.74, 6) is -0.260. The number of nitrogens with zero attached hydrogens (tertiary/aromatic N) is 2. The van der Waals surface area contributed by atoms with Gasteiger partial charge in [0.25, 0.3) is 5.91 Å². The summed E-state index contributed by atoms with van der Waals surface area (Å²) in [6, 6.07) is 9.80. The van der Waals surface area contributed by atoms with E-state index < -0.39 is 11.7 Å². The average Bonchev–Trinajstić information content (AvgIpc) is 2.66. The van der Waals surface area contributed by atoms with E-state index in [9.17, 15) is 9.18 Å². The molecule has 0 spiro atoms. The summed E-state index contributed by atoms with van der Waals surface area (Å²) in [6.07, 6.45) is 0.790. The monoisotopic (exact) mass is 354 g/mol. The van der Waals surface area contributed by atoms with Gasteiger partial charge in [-0.3, -0.25) is 4.79 Å². The highest BCUT2D eigenvalue weighted by molar-refractivity contribution is 6.07. The first-order chi connectivity index (χ1) is 12.6. The molecule has 1 aromatic heterocycles. The number of benzene rings is 2. The van der Waals surface area contributed by atoms with Crippen LogP contribution in [-0.2, 0) is 0 Å². The van der Waals surface area contributed by atoms with E-state index in [0.717, 1.165) is 6.42 Å². The minimum atomic E-state index is -0.456. The van der Waals surface area contributed by atoms with Crippen LogP contribution in [0.5, 0.6) is 5.75 Å². The number of amides is 1. The molecule has 0 aliphatic rings. The maximum absolute atomic E-state index is 14.6. The first kappa shape index (κ1) is 17.6. The lowest BCUT2D eigenvalue weighted by Gasteiger charge is -2.12.